The highest BCUT2D eigenvalue weighted by atomic mass is 16.1. The minimum atomic E-state index is -0.245. The van der Waals surface area contributed by atoms with Gasteiger partial charge in [-0.3, -0.25) is 9.59 Å². The van der Waals surface area contributed by atoms with Gasteiger partial charge in [0.25, 0.3) is 5.56 Å². The molecule has 0 spiro atoms. The number of aromatic amines is 1. The minimum Gasteiger partial charge on any atom is -0.349 e. The third kappa shape index (κ3) is 4.29. The van der Waals surface area contributed by atoms with Crippen LogP contribution in [-0.2, 0) is 17.6 Å². The summed E-state index contributed by atoms with van der Waals surface area (Å²) in [6.45, 7) is 4.45. The lowest BCUT2D eigenvalue weighted by molar-refractivity contribution is -0.122. The molecule has 0 bridgehead atoms. The highest BCUT2D eigenvalue weighted by molar-refractivity contribution is 5.76. The predicted octanol–water partition coefficient (Wildman–Crippen LogP) is 2.72. The number of para-hydroxylation sites is 1. The fourth-order valence-electron chi connectivity index (χ4n) is 3.98. The van der Waals surface area contributed by atoms with Crippen LogP contribution in [0.15, 0.2) is 53.5 Å². The van der Waals surface area contributed by atoms with Gasteiger partial charge in [-0.15, -0.1) is 0 Å². The van der Waals surface area contributed by atoms with Crippen molar-refractivity contribution < 1.29 is 4.79 Å². The number of amides is 1. The summed E-state index contributed by atoms with van der Waals surface area (Å²) in [5.74, 6) is -0.0286. The summed E-state index contributed by atoms with van der Waals surface area (Å²) in [6.07, 6.45) is 4.45. The number of carbonyl (C=O) groups excluding carboxylic acids is 1. The molecule has 3 aromatic rings. The van der Waals surface area contributed by atoms with E-state index >= 15 is 0 Å². The number of carbonyl (C=O) groups is 1. The number of H-pyrrole nitrogens is 1. The molecule has 0 fully saturated rings. The van der Waals surface area contributed by atoms with Crippen LogP contribution in [0.25, 0.3) is 5.69 Å². The molecule has 29 heavy (non-hydrogen) atoms. The number of hydrogen-bond acceptors (Lipinski definition) is 4. The number of nitrogens with one attached hydrogen (secondary N) is 2. The van der Waals surface area contributed by atoms with Gasteiger partial charge in [-0.1, -0.05) is 32.0 Å². The van der Waals surface area contributed by atoms with Gasteiger partial charge in [-0.2, -0.15) is 10.2 Å². The van der Waals surface area contributed by atoms with E-state index in [-0.39, 0.29) is 22.9 Å². The summed E-state index contributed by atoms with van der Waals surface area (Å²) < 4.78 is 1.99. The first-order valence-electron chi connectivity index (χ1n) is 9.87. The van der Waals surface area contributed by atoms with Crippen LogP contribution in [0.4, 0.5) is 0 Å². The number of nitrogens with zero attached hydrogens (tertiary/aromatic N) is 3. The Kier molecular flexibility index (Phi) is 5.05. The fourth-order valence-corrected chi connectivity index (χ4v) is 3.98. The van der Waals surface area contributed by atoms with Crippen molar-refractivity contribution in [1.29, 1.82) is 0 Å². The first-order chi connectivity index (χ1) is 13.9. The number of rotatable bonds is 5. The van der Waals surface area contributed by atoms with Crippen molar-refractivity contribution in [2.75, 3.05) is 0 Å². The van der Waals surface area contributed by atoms with Crippen molar-refractivity contribution in [1.82, 2.24) is 25.3 Å². The molecule has 0 radical (unpaired) electrons. The lowest BCUT2D eigenvalue weighted by Gasteiger charge is -2.36. The molecule has 1 unspecified atom stereocenters. The lowest BCUT2D eigenvalue weighted by Crippen LogP contribution is -2.36. The Morgan fingerprint density at radius 3 is 2.76 bits per heavy atom. The Morgan fingerprint density at radius 2 is 2.03 bits per heavy atom. The first kappa shape index (κ1) is 19.1. The van der Waals surface area contributed by atoms with Crippen molar-refractivity contribution in [2.45, 2.75) is 45.6 Å². The van der Waals surface area contributed by atoms with Gasteiger partial charge in [0.1, 0.15) is 0 Å². The molecule has 0 aliphatic heterocycles. The van der Waals surface area contributed by atoms with Crippen LogP contribution in [0.1, 0.15) is 49.7 Å². The average molecular weight is 391 g/mol. The smallest absolute Gasteiger partial charge is 0.264 e. The lowest BCUT2D eigenvalue weighted by atomic mass is 9.74. The number of aryl methyl sites for hydroxylation is 1. The second-order valence-corrected chi connectivity index (χ2v) is 8.37. The van der Waals surface area contributed by atoms with Crippen molar-refractivity contribution in [2.24, 2.45) is 5.41 Å². The predicted molar refractivity (Wildman–Crippen MR) is 110 cm³/mol. The van der Waals surface area contributed by atoms with E-state index in [2.05, 4.69) is 34.5 Å². The Bertz CT molecular complexity index is 1050. The van der Waals surface area contributed by atoms with E-state index < -0.39 is 0 Å². The van der Waals surface area contributed by atoms with Crippen molar-refractivity contribution in [3.8, 4) is 5.69 Å². The monoisotopic (exact) mass is 391 g/mol. The summed E-state index contributed by atoms with van der Waals surface area (Å²) in [4.78, 5) is 23.7. The number of aromatic nitrogens is 4. The van der Waals surface area contributed by atoms with Crippen LogP contribution in [-0.4, -0.2) is 25.9 Å². The Labute approximate surface area is 169 Å². The Morgan fingerprint density at radius 1 is 1.24 bits per heavy atom. The SMILES string of the molecule is CC1(C)Cc2c(cnn2-c2ccccc2)C(NC(=O)CCc2ccc(=O)[nH]n2)C1. The van der Waals surface area contributed by atoms with Gasteiger partial charge < -0.3 is 5.32 Å². The molecule has 1 aliphatic rings. The highest BCUT2D eigenvalue weighted by Crippen LogP contribution is 2.41. The third-order valence-corrected chi connectivity index (χ3v) is 5.36. The van der Waals surface area contributed by atoms with E-state index in [1.807, 2.05) is 41.2 Å². The summed E-state index contributed by atoms with van der Waals surface area (Å²) in [5, 5.41) is 14.2. The van der Waals surface area contributed by atoms with Gasteiger partial charge in [-0.25, -0.2) is 9.78 Å². The molecule has 1 aromatic carbocycles. The maximum absolute atomic E-state index is 12.6. The molecular weight excluding hydrogens is 366 g/mol. The van der Waals surface area contributed by atoms with Crippen molar-refractivity contribution in [3.63, 3.8) is 0 Å². The van der Waals surface area contributed by atoms with Crippen LogP contribution in [0.3, 0.4) is 0 Å². The van der Waals surface area contributed by atoms with Crippen LogP contribution in [0.2, 0.25) is 0 Å². The number of benzene rings is 1. The average Bonchev–Trinajstić information content (AvgIpc) is 3.11. The molecule has 2 heterocycles. The van der Waals surface area contributed by atoms with Gasteiger partial charge in [0.05, 0.1) is 29.3 Å². The van der Waals surface area contributed by atoms with Gasteiger partial charge in [0, 0.05) is 24.5 Å². The summed E-state index contributed by atoms with van der Waals surface area (Å²) in [7, 11) is 0. The van der Waals surface area contributed by atoms with Gasteiger partial charge in [0.2, 0.25) is 5.91 Å². The normalized spacial score (nSPS) is 17.5. The minimum absolute atomic E-state index is 0.0286. The van der Waals surface area contributed by atoms with Gasteiger partial charge in [-0.05, 0) is 36.5 Å². The summed E-state index contributed by atoms with van der Waals surface area (Å²) in [6, 6.07) is 13.1. The third-order valence-electron chi connectivity index (χ3n) is 5.36. The van der Waals surface area contributed by atoms with Crippen molar-refractivity contribution >= 4 is 5.91 Å². The molecule has 1 aliphatic carbocycles. The first-order valence-corrected chi connectivity index (χ1v) is 9.87. The molecule has 1 atom stereocenters. The van der Waals surface area contributed by atoms with Crippen molar-refractivity contribution in [3.05, 3.63) is 76.0 Å². The molecule has 4 rings (SSSR count). The fraction of sp³-hybridized carbons (Fsp3) is 0.364. The molecule has 2 aromatic heterocycles. The zero-order chi connectivity index (χ0) is 20.4. The largest absolute Gasteiger partial charge is 0.349 e. The van der Waals surface area contributed by atoms with E-state index in [0.717, 1.165) is 29.8 Å². The topological polar surface area (TPSA) is 92.7 Å². The van der Waals surface area contributed by atoms with E-state index in [4.69, 9.17) is 0 Å². The molecule has 150 valence electrons. The van der Waals surface area contributed by atoms with E-state index in [1.54, 1.807) is 6.07 Å². The maximum Gasteiger partial charge on any atom is 0.264 e. The highest BCUT2D eigenvalue weighted by Gasteiger charge is 2.35. The zero-order valence-corrected chi connectivity index (χ0v) is 16.7. The number of fused-ring (bicyclic) bond motifs is 1. The Hall–Kier alpha value is -3.22. The Balaban J connectivity index is 1.51. The molecule has 7 nitrogen and oxygen atoms in total. The molecular formula is C22H25N5O2. The molecule has 0 saturated heterocycles. The summed E-state index contributed by atoms with van der Waals surface area (Å²) >= 11 is 0. The zero-order valence-electron chi connectivity index (χ0n) is 16.7. The molecule has 0 saturated carbocycles. The second-order valence-electron chi connectivity index (χ2n) is 8.37. The van der Waals surface area contributed by atoms with Gasteiger partial charge in [0.15, 0.2) is 0 Å². The van der Waals surface area contributed by atoms with Crippen LogP contribution >= 0.6 is 0 Å². The van der Waals surface area contributed by atoms with E-state index in [0.29, 0.717) is 18.5 Å². The summed E-state index contributed by atoms with van der Waals surface area (Å²) in [5.41, 5.74) is 3.77. The molecule has 2 N–H and O–H groups in total. The van der Waals surface area contributed by atoms with E-state index in [9.17, 15) is 9.59 Å². The standard InChI is InChI=1S/C22H25N5O2/c1-22(2)12-18(24-20(28)10-8-15-9-11-21(29)26-25-15)17-14-23-27(19(17)13-22)16-6-4-3-5-7-16/h3-7,9,11,14,18H,8,10,12-13H2,1-2H3,(H,24,28)(H,26,29). The second kappa shape index (κ2) is 7.66. The molecule has 1 amide bonds. The van der Waals surface area contributed by atoms with Crippen LogP contribution in [0.5, 0.6) is 0 Å². The number of hydrogen-bond donors (Lipinski definition) is 2. The van der Waals surface area contributed by atoms with Crippen LogP contribution in [0, 0.1) is 5.41 Å². The maximum atomic E-state index is 12.6. The van der Waals surface area contributed by atoms with Crippen LogP contribution < -0.4 is 10.9 Å². The quantitative estimate of drug-likeness (QED) is 0.699. The molecule has 7 heteroatoms. The van der Waals surface area contributed by atoms with Gasteiger partial charge >= 0.3 is 0 Å². The van der Waals surface area contributed by atoms with E-state index in [1.165, 1.54) is 6.07 Å².